The summed E-state index contributed by atoms with van der Waals surface area (Å²) in [5.74, 6) is 0.408. The van der Waals surface area contributed by atoms with Gasteiger partial charge in [0.25, 0.3) is 0 Å². The zero-order valence-corrected chi connectivity index (χ0v) is 12.6. The molecule has 5 nitrogen and oxygen atoms in total. The molecule has 0 unspecified atom stereocenters. The first-order valence-corrected chi connectivity index (χ1v) is 6.25. The Hall–Kier alpha value is -1.62. The molecule has 0 aliphatic rings. The van der Waals surface area contributed by atoms with Gasteiger partial charge < -0.3 is 15.0 Å². The van der Waals surface area contributed by atoms with Gasteiger partial charge in [-0.2, -0.15) is 0 Å². The van der Waals surface area contributed by atoms with E-state index in [2.05, 4.69) is 29.0 Å². The van der Waals surface area contributed by atoms with Crippen LogP contribution in [-0.2, 0) is 4.74 Å². The molecular formula is C14H23N3O2. The maximum absolute atomic E-state index is 11.5. The molecule has 1 aromatic heterocycles. The van der Waals surface area contributed by atoms with Crippen molar-refractivity contribution in [1.82, 2.24) is 9.88 Å². The van der Waals surface area contributed by atoms with Gasteiger partial charge in [0.15, 0.2) is 0 Å². The van der Waals surface area contributed by atoms with Gasteiger partial charge >= 0.3 is 5.97 Å². The number of methoxy groups -OCH3 is 1. The van der Waals surface area contributed by atoms with Crippen LogP contribution in [0.15, 0.2) is 12.1 Å². The van der Waals surface area contributed by atoms with Gasteiger partial charge in [-0.25, -0.2) is 9.78 Å². The first-order valence-electron chi connectivity index (χ1n) is 6.25. The number of pyridine rings is 1. The van der Waals surface area contributed by atoms with Crippen molar-refractivity contribution in [2.75, 3.05) is 33.1 Å². The van der Waals surface area contributed by atoms with E-state index >= 15 is 0 Å². The molecule has 0 saturated heterocycles. The van der Waals surface area contributed by atoms with Crippen molar-refractivity contribution in [3.63, 3.8) is 0 Å². The van der Waals surface area contributed by atoms with E-state index in [1.807, 2.05) is 14.1 Å². The van der Waals surface area contributed by atoms with Gasteiger partial charge in [0.1, 0.15) is 5.82 Å². The highest BCUT2D eigenvalue weighted by Gasteiger charge is 2.20. The number of hydrogen-bond acceptors (Lipinski definition) is 5. The van der Waals surface area contributed by atoms with Crippen molar-refractivity contribution in [3.8, 4) is 0 Å². The Labute approximate surface area is 115 Å². The number of nitrogens with zero attached hydrogens (tertiary/aromatic N) is 2. The molecule has 0 amide bonds. The summed E-state index contributed by atoms with van der Waals surface area (Å²) >= 11 is 0. The summed E-state index contributed by atoms with van der Waals surface area (Å²) in [7, 11) is 5.45. The van der Waals surface area contributed by atoms with E-state index in [0.717, 1.165) is 12.4 Å². The molecule has 0 spiro atoms. The summed E-state index contributed by atoms with van der Waals surface area (Å²) < 4.78 is 4.70. The second-order valence-corrected chi connectivity index (χ2v) is 5.38. The second kappa shape index (κ2) is 6.02. The summed E-state index contributed by atoms with van der Waals surface area (Å²) in [6, 6.07) is 3.53. The van der Waals surface area contributed by atoms with Crippen molar-refractivity contribution >= 4 is 11.8 Å². The van der Waals surface area contributed by atoms with Crippen LogP contribution < -0.4 is 5.32 Å². The van der Waals surface area contributed by atoms with Crippen LogP contribution in [0.2, 0.25) is 0 Å². The zero-order chi connectivity index (χ0) is 14.6. The Balaban J connectivity index is 2.77. The number of aromatic nitrogens is 1. The van der Waals surface area contributed by atoms with Gasteiger partial charge in [-0.3, -0.25) is 0 Å². The fraction of sp³-hybridized carbons (Fsp3) is 0.571. The zero-order valence-electron chi connectivity index (χ0n) is 12.6. The van der Waals surface area contributed by atoms with Gasteiger partial charge in [0, 0.05) is 12.1 Å². The highest BCUT2D eigenvalue weighted by molar-refractivity contribution is 5.90. The topological polar surface area (TPSA) is 54.5 Å². The summed E-state index contributed by atoms with van der Waals surface area (Å²) in [5, 5.41) is 3.29. The second-order valence-electron chi connectivity index (χ2n) is 5.38. The SMILES string of the molecule is COC(=O)c1ccc(NCC(C)(C)N(C)C)nc1C. The number of nitrogens with one attached hydrogen (secondary N) is 1. The first kappa shape index (κ1) is 15.4. The number of anilines is 1. The molecule has 0 aliphatic carbocycles. The largest absolute Gasteiger partial charge is 0.465 e. The summed E-state index contributed by atoms with van der Waals surface area (Å²) in [5.41, 5.74) is 1.19. The van der Waals surface area contributed by atoms with Crippen molar-refractivity contribution in [2.45, 2.75) is 26.3 Å². The predicted molar refractivity (Wildman–Crippen MR) is 76.6 cm³/mol. The van der Waals surface area contributed by atoms with Crippen LogP contribution in [0.25, 0.3) is 0 Å². The molecule has 1 aromatic rings. The lowest BCUT2D eigenvalue weighted by Crippen LogP contribution is -2.44. The van der Waals surface area contributed by atoms with Crippen molar-refractivity contribution in [3.05, 3.63) is 23.4 Å². The fourth-order valence-electron chi connectivity index (χ4n) is 1.45. The number of likely N-dealkylation sites (N-methyl/N-ethyl adjacent to an activating group) is 1. The predicted octanol–water partition coefficient (Wildman–Crippen LogP) is 1.93. The quantitative estimate of drug-likeness (QED) is 0.824. The minimum Gasteiger partial charge on any atom is -0.465 e. The molecule has 0 aliphatic heterocycles. The molecule has 0 atom stereocenters. The van der Waals surface area contributed by atoms with Crippen molar-refractivity contribution < 1.29 is 9.53 Å². The number of carbonyl (C=O) groups excluding carboxylic acids is 1. The van der Waals surface area contributed by atoms with Crippen LogP contribution in [0, 0.1) is 6.92 Å². The minimum absolute atomic E-state index is 0.0244. The Morgan fingerprint density at radius 1 is 1.42 bits per heavy atom. The van der Waals surface area contributed by atoms with Gasteiger partial charge in [-0.05, 0) is 47.0 Å². The standard InChI is InChI=1S/C14H23N3O2/c1-10-11(13(18)19-6)7-8-12(16-10)15-9-14(2,3)17(4)5/h7-8H,9H2,1-6H3,(H,15,16). The molecular weight excluding hydrogens is 242 g/mol. The van der Waals surface area contributed by atoms with E-state index in [1.54, 1.807) is 19.1 Å². The molecule has 1 N–H and O–H groups in total. The van der Waals surface area contributed by atoms with Crippen molar-refractivity contribution in [2.24, 2.45) is 0 Å². The third-order valence-electron chi connectivity index (χ3n) is 3.40. The molecule has 0 radical (unpaired) electrons. The number of esters is 1. The molecule has 106 valence electrons. The molecule has 0 saturated carbocycles. The molecule has 19 heavy (non-hydrogen) atoms. The minimum atomic E-state index is -0.356. The number of rotatable bonds is 5. The van der Waals surface area contributed by atoms with Crippen molar-refractivity contribution in [1.29, 1.82) is 0 Å². The monoisotopic (exact) mass is 265 g/mol. The fourth-order valence-corrected chi connectivity index (χ4v) is 1.45. The van der Waals surface area contributed by atoms with Crippen LogP contribution >= 0.6 is 0 Å². The molecule has 1 rings (SSSR count). The highest BCUT2D eigenvalue weighted by atomic mass is 16.5. The third kappa shape index (κ3) is 3.92. The highest BCUT2D eigenvalue weighted by Crippen LogP contribution is 2.14. The van der Waals surface area contributed by atoms with E-state index in [4.69, 9.17) is 4.74 Å². The number of carbonyl (C=O) groups is 1. The van der Waals surface area contributed by atoms with Crippen LogP contribution in [0.3, 0.4) is 0 Å². The van der Waals surface area contributed by atoms with Gasteiger partial charge in [-0.1, -0.05) is 0 Å². The Kier molecular flexibility index (Phi) is 4.89. The van der Waals surface area contributed by atoms with Crippen LogP contribution in [0.5, 0.6) is 0 Å². The summed E-state index contributed by atoms with van der Waals surface area (Å²) in [6.45, 7) is 6.86. The van der Waals surface area contributed by atoms with Crippen LogP contribution in [0.4, 0.5) is 5.82 Å². The Bertz CT molecular complexity index is 456. The smallest absolute Gasteiger partial charge is 0.339 e. The summed E-state index contributed by atoms with van der Waals surface area (Å²) in [4.78, 5) is 18.0. The van der Waals surface area contributed by atoms with Crippen LogP contribution in [-0.4, -0.2) is 49.1 Å². The number of ether oxygens (including phenoxy) is 1. The van der Waals surface area contributed by atoms with Gasteiger partial charge in [-0.15, -0.1) is 0 Å². The molecule has 5 heteroatoms. The molecule has 1 heterocycles. The lowest BCUT2D eigenvalue weighted by atomic mass is 10.0. The van der Waals surface area contributed by atoms with E-state index in [9.17, 15) is 4.79 Å². The first-order chi connectivity index (χ1) is 8.77. The number of aryl methyl sites for hydroxylation is 1. The van der Waals surface area contributed by atoms with E-state index in [-0.39, 0.29) is 11.5 Å². The normalized spacial score (nSPS) is 11.5. The van der Waals surface area contributed by atoms with E-state index in [1.165, 1.54) is 7.11 Å². The maximum Gasteiger partial charge on any atom is 0.339 e. The lowest BCUT2D eigenvalue weighted by Gasteiger charge is -2.32. The summed E-state index contributed by atoms with van der Waals surface area (Å²) in [6.07, 6.45) is 0. The molecule has 0 aromatic carbocycles. The lowest BCUT2D eigenvalue weighted by molar-refractivity contribution is 0.0599. The third-order valence-corrected chi connectivity index (χ3v) is 3.40. The number of hydrogen-bond donors (Lipinski definition) is 1. The average molecular weight is 265 g/mol. The van der Waals surface area contributed by atoms with E-state index < -0.39 is 0 Å². The Morgan fingerprint density at radius 2 is 2.05 bits per heavy atom. The average Bonchev–Trinajstić information content (AvgIpc) is 2.35. The van der Waals surface area contributed by atoms with Gasteiger partial charge in [0.2, 0.25) is 0 Å². The molecule has 0 fully saturated rings. The Morgan fingerprint density at radius 3 is 2.53 bits per heavy atom. The molecule has 0 bridgehead atoms. The van der Waals surface area contributed by atoms with Gasteiger partial charge in [0.05, 0.1) is 18.4 Å². The van der Waals surface area contributed by atoms with Crippen LogP contribution in [0.1, 0.15) is 29.9 Å². The van der Waals surface area contributed by atoms with E-state index in [0.29, 0.717) is 11.3 Å². The maximum atomic E-state index is 11.5.